The molecule has 160 valence electrons. The van der Waals surface area contributed by atoms with Crippen LogP contribution in [0.1, 0.15) is 38.1 Å². The van der Waals surface area contributed by atoms with Gasteiger partial charge >= 0.3 is 0 Å². The number of carbonyl (C=O) groups excluding carboxylic acids is 1. The molecular weight excluding hydrogens is 390 g/mol. The van der Waals surface area contributed by atoms with Crippen LogP contribution in [0.2, 0.25) is 0 Å². The topological polar surface area (TPSA) is 81.3 Å². The van der Waals surface area contributed by atoms with E-state index in [9.17, 15) is 9.59 Å². The van der Waals surface area contributed by atoms with Crippen LogP contribution in [0.3, 0.4) is 0 Å². The van der Waals surface area contributed by atoms with Crippen molar-refractivity contribution >= 4 is 22.6 Å². The van der Waals surface area contributed by atoms with E-state index in [1.165, 1.54) is 0 Å². The number of aryl methyl sites for hydroxylation is 2. The third-order valence-electron chi connectivity index (χ3n) is 5.41. The second-order valence-electron chi connectivity index (χ2n) is 8.17. The zero-order valence-electron chi connectivity index (χ0n) is 17.9. The Hall–Kier alpha value is -3.48. The molecule has 0 radical (unpaired) electrons. The first-order chi connectivity index (χ1) is 15.0. The third-order valence-corrected chi connectivity index (χ3v) is 5.41. The predicted octanol–water partition coefficient (Wildman–Crippen LogP) is 3.34. The molecule has 0 saturated carbocycles. The van der Waals surface area contributed by atoms with Gasteiger partial charge in [0.15, 0.2) is 0 Å². The number of amides is 1. The van der Waals surface area contributed by atoms with Gasteiger partial charge in [-0.3, -0.25) is 18.6 Å². The van der Waals surface area contributed by atoms with Crippen LogP contribution >= 0.6 is 0 Å². The number of benzene rings is 2. The van der Waals surface area contributed by atoms with Crippen molar-refractivity contribution in [3.05, 3.63) is 76.3 Å². The van der Waals surface area contributed by atoms with Crippen molar-refractivity contribution in [1.29, 1.82) is 0 Å². The number of nitrogens with zero attached hydrogens (tertiary/aromatic N) is 4. The maximum absolute atomic E-state index is 13.1. The quantitative estimate of drug-likeness (QED) is 0.477. The molecule has 0 bridgehead atoms. The molecule has 4 aromatic rings. The first kappa shape index (κ1) is 20.8. The Balaban J connectivity index is 1.60. The molecular formula is C24H27N5O2. The molecule has 0 aliphatic rings. The van der Waals surface area contributed by atoms with Crippen LogP contribution in [0.4, 0.5) is 0 Å². The molecule has 2 heterocycles. The van der Waals surface area contributed by atoms with E-state index < -0.39 is 0 Å². The summed E-state index contributed by atoms with van der Waals surface area (Å²) in [7, 11) is 0. The summed E-state index contributed by atoms with van der Waals surface area (Å²) >= 11 is 0. The maximum Gasteiger partial charge on any atom is 0.262 e. The van der Waals surface area contributed by atoms with E-state index in [2.05, 4.69) is 29.4 Å². The van der Waals surface area contributed by atoms with E-state index in [4.69, 9.17) is 0 Å². The minimum atomic E-state index is -0.0525. The molecule has 1 amide bonds. The summed E-state index contributed by atoms with van der Waals surface area (Å²) in [6, 6.07) is 17.3. The minimum Gasteiger partial charge on any atom is -0.352 e. The van der Waals surface area contributed by atoms with Gasteiger partial charge in [-0.05, 0) is 30.0 Å². The molecule has 0 aliphatic carbocycles. The Morgan fingerprint density at radius 3 is 2.55 bits per heavy atom. The van der Waals surface area contributed by atoms with E-state index >= 15 is 0 Å². The van der Waals surface area contributed by atoms with Gasteiger partial charge in [0.2, 0.25) is 11.7 Å². The Bertz CT molecular complexity index is 1260. The van der Waals surface area contributed by atoms with Gasteiger partial charge in [-0.25, -0.2) is 0 Å². The molecule has 31 heavy (non-hydrogen) atoms. The van der Waals surface area contributed by atoms with E-state index in [0.717, 1.165) is 17.5 Å². The smallest absolute Gasteiger partial charge is 0.262 e. The first-order valence-corrected chi connectivity index (χ1v) is 10.7. The Morgan fingerprint density at radius 2 is 1.77 bits per heavy atom. The number of hydrogen-bond donors (Lipinski definition) is 1. The highest BCUT2D eigenvalue weighted by atomic mass is 16.1. The number of rotatable bonds is 8. The highest BCUT2D eigenvalue weighted by Crippen LogP contribution is 2.16. The second kappa shape index (κ2) is 9.12. The van der Waals surface area contributed by atoms with Crippen LogP contribution in [0.25, 0.3) is 16.7 Å². The molecule has 0 atom stereocenters. The van der Waals surface area contributed by atoms with Crippen LogP contribution in [0.5, 0.6) is 0 Å². The van der Waals surface area contributed by atoms with Crippen molar-refractivity contribution in [3.8, 4) is 0 Å². The standard InChI is InChI=1S/C24H27N5O2/c1-17(2)14-15-28-23(31)19-10-6-7-11-20(19)29-21(26-27-24(28)29)12-13-22(30)25-16-18-8-4-3-5-9-18/h3-11,17H,12-16H2,1-2H3,(H,25,30). The van der Waals surface area contributed by atoms with Crippen LogP contribution in [0.15, 0.2) is 59.4 Å². The van der Waals surface area contributed by atoms with E-state index in [1.807, 2.05) is 59.0 Å². The summed E-state index contributed by atoms with van der Waals surface area (Å²) in [5.41, 5.74) is 1.78. The number of aromatic nitrogens is 4. The Morgan fingerprint density at radius 1 is 1.03 bits per heavy atom. The SMILES string of the molecule is CC(C)CCn1c(=O)c2ccccc2n2c(CCC(=O)NCc3ccccc3)nnc12. The summed E-state index contributed by atoms with van der Waals surface area (Å²) < 4.78 is 3.62. The lowest BCUT2D eigenvalue weighted by Gasteiger charge is -2.12. The van der Waals surface area contributed by atoms with Gasteiger partial charge in [0, 0.05) is 25.9 Å². The van der Waals surface area contributed by atoms with Gasteiger partial charge in [-0.15, -0.1) is 10.2 Å². The monoisotopic (exact) mass is 417 g/mol. The minimum absolute atomic E-state index is 0.0435. The van der Waals surface area contributed by atoms with Crippen LogP contribution in [0, 0.1) is 5.92 Å². The largest absolute Gasteiger partial charge is 0.352 e. The van der Waals surface area contributed by atoms with Crippen molar-refractivity contribution in [2.24, 2.45) is 5.92 Å². The lowest BCUT2D eigenvalue weighted by molar-refractivity contribution is -0.121. The van der Waals surface area contributed by atoms with Gasteiger partial charge in [0.1, 0.15) is 5.82 Å². The molecule has 7 heteroatoms. The molecule has 1 N–H and O–H groups in total. The predicted molar refractivity (Wildman–Crippen MR) is 121 cm³/mol. The summed E-state index contributed by atoms with van der Waals surface area (Å²) in [4.78, 5) is 25.5. The zero-order chi connectivity index (χ0) is 21.8. The summed E-state index contributed by atoms with van der Waals surface area (Å²) in [5.74, 6) is 1.63. The van der Waals surface area contributed by atoms with Crippen molar-refractivity contribution in [2.45, 2.75) is 46.2 Å². The highest BCUT2D eigenvalue weighted by molar-refractivity contribution is 5.80. The van der Waals surface area contributed by atoms with E-state index in [-0.39, 0.29) is 11.5 Å². The average Bonchev–Trinajstić information content (AvgIpc) is 3.20. The lowest BCUT2D eigenvalue weighted by atomic mass is 10.1. The Labute approximate surface area is 180 Å². The fraction of sp³-hybridized carbons (Fsp3) is 0.333. The third kappa shape index (κ3) is 4.50. The van der Waals surface area contributed by atoms with Crippen LogP contribution < -0.4 is 10.9 Å². The van der Waals surface area contributed by atoms with Gasteiger partial charge in [-0.1, -0.05) is 56.3 Å². The van der Waals surface area contributed by atoms with Gasteiger partial charge in [0.25, 0.3) is 5.56 Å². The van der Waals surface area contributed by atoms with Crippen molar-refractivity contribution in [2.75, 3.05) is 0 Å². The van der Waals surface area contributed by atoms with E-state index in [1.54, 1.807) is 4.57 Å². The molecule has 0 saturated heterocycles. The summed E-state index contributed by atoms with van der Waals surface area (Å²) in [6.45, 7) is 5.34. The number of hydrogen-bond acceptors (Lipinski definition) is 4. The zero-order valence-corrected chi connectivity index (χ0v) is 17.9. The number of fused-ring (bicyclic) bond motifs is 3. The van der Waals surface area contributed by atoms with Crippen LogP contribution in [-0.4, -0.2) is 25.1 Å². The molecule has 0 spiro atoms. The second-order valence-corrected chi connectivity index (χ2v) is 8.17. The molecule has 2 aromatic carbocycles. The van der Waals surface area contributed by atoms with Gasteiger partial charge < -0.3 is 5.32 Å². The summed E-state index contributed by atoms with van der Waals surface area (Å²) in [5, 5.41) is 12.2. The molecule has 0 unspecified atom stereocenters. The maximum atomic E-state index is 13.1. The fourth-order valence-corrected chi connectivity index (χ4v) is 3.68. The van der Waals surface area contributed by atoms with Crippen LogP contribution in [-0.2, 0) is 24.3 Å². The Kier molecular flexibility index (Phi) is 6.11. The molecule has 4 rings (SSSR count). The van der Waals surface area contributed by atoms with E-state index in [0.29, 0.717) is 48.8 Å². The molecule has 2 aromatic heterocycles. The van der Waals surface area contributed by atoms with Crippen molar-refractivity contribution in [3.63, 3.8) is 0 Å². The van der Waals surface area contributed by atoms with Crippen molar-refractivity contribution in [1.82, 2.24) is 24.5 Å². The first-order valence-electron chi connectivity index (χ1n) is 10.7. The summed E-state index contributed by atoms with van der Waals surface area (Å²) in [6.07, 6.45) is 1.61. The molecule has 7 nitrogen and oxygen atoms in total. The van der Waals surface area contributed by atoms with Crippen molar-refractivity contribution < 1.29 is 4.79 Å². The lowest BCUT2D eigenvalue weighted by Crippen LogP contribution is -2.25. The number of para-hydroxylation sites is 1. The number of carbonyl (C=O) groups is 1. The molecule has 0 fully saturated rings. The fourth-order valence-electron chi connectivity index (χ4n) is 3.68. The van der Waals surface area contributed by atoms with Gasteiger partial charge in [0.05, 0.1) is 10.9 Å². The average molecular weight is 418 g/mol. The normalized spacial score (nSPS) is 11.5. The van der Waals surface area contributed by atoms with Gasteiger partial charge in [-0.2, -0.15) is 0 Å². The molecule has 0 aliphatic heterocycles. The highest BCUT2D eigenvalue weighted by Gasteiger charge is 2.17. The number of nitrogens with one attached hydrogen (secondary N) is 1.